The SMILES string of the molecule is Nc1ccc(F)c([C@]23C[C@@H](F)C[C@H]2CSC(NC(=O)O)=N3)c1. The van der Waals surface area contributed by atoms with Crippen LogP contribution >= 0.6 is 11.8 Å². The summed E-state index contributed by atoms with van der Waals surface area (Å²) in [6.07, 6.45) is -2.03. The Balaban J connectivity index is 2.11. The number of nitrogen functional groups attached to an aromatic ring is 1. The van der Waals surface area contributed by atoms with Gasteiger partial charge in [0.25, 0.3) is 0 Å². The van der Waals surface area contributed by atoms with Crippen LogP contribution in [0.5, 0.6) is 0 Å². The minimum Gasteiger partial charge on any atom is -0.465 e. The van der Waals surface area contributed by atoms with E-state index in [0.29, 0.717) is 11.4 Å². The molecule has 118 valence electrons. The molecule has 0 unspecified atom stereocenters. The molecular weight excluding hydrogens is 312 g/mol. The van der Waals surface area contributed by atoms with Crippen LogP contribution in [0.3, 0.4) is 0 Å². The van der Waals surface area contributed by atoms with Gasteiger partial charge in [-0.2, -0.15) is 0 Å². The molecule has 1 aliphatic carbocycles. The number of benzene rings is 1. The number of nitrogens with one attached hydrogen (secondary N) is 1. The molecule has 0 saturated heterocycles. The van der Waals surface area contributed by atoms with E-state index in [0.717, 1.165) is 0 Å². The van der Waals surface area contributed by atoms with Crippen molar-refractivity contribution in [3.63, 3.8) is 0 Å². The number of hydrogen-bond acceptors (Lipinski definition) is 4. The average molecular weight is 327 g/mol. The van der Waals surface area contributed by atoms with Crippen LogP contribution in [0.1, 0.15) is 18.4 Å². The summed E-state index contributed by atoms with van der Waals surface area (Å²) in [4.78, 5) is 15.2. The monoisotopic (exact) mass is 327 g/mol. The molecule has 0 aromatic heterocycles. The Morgan fingerprint density at radius 2 is 2.32 bits per heavy atom. The Morgan fingerprint density at radius 3 is 3.05 bits per heavy atom. The normalized spacial score (nSPS) is 30.5. The quantitative estimate of drug-likeness (QED) is 0.692. The molecule has 4 N–H and O–H groups in total. The van der Waals surface area contributed by atoms with Gasteiger partial charge >= 0.3 is 6.09 Å². The second-order valence-corrected chi connectivity index (χ2v) is 6.56. The lowest BCUT2D eigenvalue weighted by atomic mass is 9.81. The largest absolute Gasteiger partial charge is 0.465 e. The molecule has 0 spiro atoms. The van der Waals surface area contributed by atoms with Gasteiger partial charge in [-0.15, -0.1) is 0 Å². The van der Waals surface area contributed by atoms with Crippen molar-refractivity contribution in [3.05, 3.63) is 29.6 Å². The van der Waals surface area contributed by atoms with Gasteiger partial charge in [0.15, 0.2) is 5.17 Å². The highest BCUT2D eigenvalue weighted by molar-refractivity contribution is 8.13. The summed E-state index contributed by atoms with van der Waals surface area (Å²) < 4.78 is 28.3. The summed E-state index contributed by atoms with van der Waals surface area (Å²) in [5.74, 6) is -0.213. The fraction of sp³-hybridized carbons (Fsp3) is 0.429. The molecule has 3 rings (SSSR count). The van der Waals surface area contributed by atoms with E-state index >= 15 is 0 Å². The number of aliphatic imine (C=N–C) groups is 1. The molecule has 1 amide bonds. The van der Waals surface area contributed by atoms with Crippen molar-refractivity contribution in [2.45, 2.75) is 24.6 Å². The van der Waals surface area contributed by atoms with Gasteiger partial charge in [0, 0.05) is 29.3 Å². The second kappa shape index (κ2) is 5.42. The number of rotatable bonds is 1. The van der Waals surface area contributed by atoms with Gasteiger partial charge in [-0.3, -0.25) is 10.3 Å². The minimum atomic E-state index is -1.25. The van der Waals surface area contributed by atoms with Crippen LogP contribution in [0.25, 0.3) is 0 Å². The molecular formula is C14H15F2N3O2S. The molecule has 1 fully saturated rings. The number of alkyl halides is 1. The zero-order valence-electron chi connectivity index (χ0n) is 11.6. The van der Waals surface area contributed by atoms with Crippen molar-refractivity contribution in [3.8, 4) is 0 Å². The maximum Gasteiger partial charge on any atom is 0.410 e. The number of thioether (sulfide) groups is 1. The number of carbonyl (C=O) groups is 1. The summed E-state index contributed by atoms with van der Waals surface area (Å²) in [6, 6.07) is 4.14. The van der Waals surface area contributed by atoms with Crippen molar-refractivity contribution in [1.82, 2.24) is 5.32 Å². The van der Waals surface area contributed by atoms with Crippen LogP contribution in [0, 0.1) is 11.7 Å². The molecule has 2 aliphatic rings. The van der Waals surface area contributed by atoms with Gasteiger partial charge in [0.05, 0.1) is 5.54 Å². The van der Waals surface area contributed by atoms with E-state index in [4.69, 9.17) is 10.8 Å². The maximum atomic E-state index is 14.3. The Bertz CT molecular complexity index is 655. The lowest BCUT2D eigenvalue weighted by molar-refractivity contribution is 0.200. The topological polar surface area (TPSA) is 87.7 Å². The van der Waals surface area contributed by atoms with Crippen LogP contribution in [0.4, 0.5) is 19.3 Å². The minimum absolute atomic E-state index is 0.0311. The summed E-state index contributed by atoms with van der Waals surface area (Å²) >= 11 is 1.21. The van der Waals surface area contributed by atoms with Crippen molar-refractivity contribution in [1.29, 1.82) is 0 Å². The summed E-state index contributed by atoms with van der Waals surface area (Å²) in [7, 11) is 0. The molecule has 1 saturated carbocycles. The van der Waals surface area contributed by atoms with E-state index in [2.05, 4.69) is 10.3 Å². The summed E-state index contributed by atoms with van der Waals surface area (Å²) in [5.41, 5.74) is 5.25. The van der Waals surface area contributed by atoms with E-state index in [9.17, 15) is 13.6 Å². The predicted molar refractivity (Wildman–Crippen MR) is 81.2 cm³/mol. The fourth-order valence-electron chi connectivity index (χ4n) is 3.25. The molecule has 1 aromatic rings. The molecule has 0 bridgehead atoms. The average Bonchev–Trinajstić information content (AvgIpc) is 2.77. The number of fused-ring (bicyclic) bond motifs is 1. The zero-order chi connectivity index (χ0) is 15.9. The van der Waals surface area contributed by atoms with E-state index in [1.165, 1.54) is 30.0 Å². The lowest BCUT2D eigenvalue weighted by Crippen LogP contribution is -2.40. The summed E-state index contributed by atoms with van der Waals surface area (Å²) in [5, 5.41) is 11.2. The van der Waals surface area contributed by atoms with Crippen molar-refractivity contribution < 1.29 is 18.7 Å². The number of halogens is 2. The first-order valence-electron chi connectivity index (χ1n) is 6.83. The maximum absolute atomic E-state index is 14.3. The van der Waals surface area contributed by atoms with Crippen LogP contribution in [0.2, 0.25) is 0 Å². The van der Waals surface area contributed by atoms with E-state index < -0.39 is 23.6 Å². The number of hydrogen-bond donors (Lipinski definition) is 3. The molecule has 8 heteroatoms. The lowest BCUT2D eigenvalue weighted by Gasteiger charge is -2.36. The molecule has 0 radical (unpaired) electrons. The van der Waals surface area contributed by atoms with Crippen LogP contribution in [0.15, 0.2) is 23.2 Å². The van der Waals surface area contributed by atoms with Crippen LogP contribution < -0.4 is 11.1 Å². The van der Waals surface area contributed by atoms with Crippen molar-refractivity contribution in [2.75, 3.05) is 11.5 Å². The molecule has 22 heavy (non-hydrogen) atoms. The standard InChI is InChI=1S/C14H15F2N3O2S/c15-8-3-7-6-22-12(18-13(20)21)19-14(7,5-8)10-4-9(17)1-2-11(10)16/h1-2,4,7-8H,3,5-6,17H2,(H,18,19)(H,20,21)/t7-,8-,14-/m0/s1. The molecule has 1 aromatic carbocycles. The third-order valence-corrected chi connectivity index (χ3v) is 5.18. The van der Waals surface area contributed by atoms with Crippen LogP contribution in [-0.2, 0) is 5.54 Å². The third kappa shape index (κ3) is 2.51. The van der Waals surface area contributed by atoms with Crippen molar-refractivity contribution in [2.24, 2.45) is 10.9 Å². The number of anilines is 1. The smallest absolute Gasteiger partial charge is 0.410 e. The third-order valence-electron chi connectivity index (χ3n) is 4.14. The first kappa shape index (κ1) is 15.1. The number of nitrogens with zero attached hydrogens (tertiary/aromatic N) is 1. The molecule has 1 aliphatic heterocycles. The Labute approximate surface area is 130 Å². The first-order valence-corrected chi connectivity index (χ1v) is 7.81. The first-order chi connectivity index (χ1) is 10.4. The highest BCUT2D eigenvalue weighted by Crippen LogP contribution is 2.52. The number of amidine groups is 1. The van der Waals surface area contributed by atoms with E-state index in [1.807, 2.05) is 0 Å². The van der Waals surface area contributed by atoms with Gasteiger partial charge < -0.3 is 10.8 Å². The molecule has 5 nitrogen and oxygen atoms in total. The summed E-state index contributed by atoms with van der Waals surface area (Å²) in [6.45, 7) is 0. The number of nitrogens with two attached hydrogens (primary N) is 1. The molecule has 1 heterocycles. The van der Waals surface area contributed by atoms with Crippen molar-refractivity contribution >= 4 is 28.7 Å². The van der Waals surface area contributed by atoms with Gasteiger partial charge in [-0.05, 0) is 24.6 Å². The Morgan fingerprint density at radius 1 is 1.55 bits per heavy atom. The predicted octanol–water partition coefficient (Wildman–Crippen LogP) is 2.72. The number of carboxylic acid groups (broad SMARTS) is 1. The Hall–Kier alpha value is -1.83. The van der Waals surface area contributed by atoms with Gasteiger partial charge in [-0.25, -0.2) is 13.6 Å². The highest BCUT2D eigenvalue weighted by atomic mass is 32.2. The zero-order valence-corrected chi connectivity index (χ0v) is 12.4. The van der Waals surface area contributed by atoms with Crippen LogP contribution in [-0.4, -0.2) is 28.3 Å². The van der Waals surface area contributed by atoms with E-state index in [1.54, 1.807) is 0 Å². The number of amides is 1. The Kier molecular flexibility index (Phi) is 3.72. The van der Waals surface area contributed by atoms with Gasteiger partial charge in [0.2, 0.25) is 0 Å². The van der Waals surface area contributed by atoms with E-state index in [-0.39, 0.29) is 29.5 Å². The van der Waals surface area contributed by atoms with Gasteiger partial charge in [-0.1, -0.05) is 11.8 Å². The van der Waals surface area contributed by atoms with Gasteiger partial charge in [0.1, 0.15) is 12.0 Å². The second-order valence-electron chi connectivity index (χ2n) is 5.56. The highest BCUT2D eigenvalue weighted by Gasteiger charge is 2.52. The fourth-order valence-corrected chi connectivity index (χ4v) is 4.41. The molecule has 3 atom stereocenters.